The second kappa shape index (κ2) is 6.57. The number of ether oxygens (including phenoxy) is 1. The normalized spacial score (nSPS) is 10.3. The molecule has 0 fully saturated rings. The van der Waals surface area contributed by atoms with Crippen LogP contribution in [0.25, 0.3) is 0 Å². The summed E-state index contributed by atoms with van der Waals surface area (Å²) >= 11 is 1.69. The van der Waals surface area contributed by atoms with E-state index in [0.29, 0.717) is 13.0 Å². The minimum Gasteiger partial charge on any atom is -0.497 e. The van der Waals surface area contributed by atoms with Gasteiger partial charge in [0.15, 0.2) is 0 Å². The lowest BCUT2D eigenvalue weighted by Crippen LogP contribution is -2.27. The maximum absolute atomic E-state index is 12.2. The van der Waals surface area contributed by atoms with Crippen LogP contribution in [0, 0.1) is 6.92 Å². The molecule has 0 saturated carbocycles. The van der Waals surface area contributed by atoms with Gasteiger partial charge in [-0.3, -0.25) is 4.79 Å². The lowest BCUT2D eigenvalue weighted by molar-refractivity contribution is -0.129. The molecular weight excluding hydrogens is 270 g/mol. The molecule has 1 heterocycles. The summed E-state index contributed by atoms with van der Waals surface area (Å²) in [6.45, 7) is 2.75. The van der Waals surface area contributed by atoms with Gasteiger partial charge in [0.05, 0.1) is 20.1 Å². The number of benzene rings is 1. The summed E-state index contributed by atoms with van der Waals surface area (Å²) in [4.78, 5) is 15.3. The maximum Gasteiger partial charge on any atom is 0.227 e. The smallest absolute Gasteiger partial charge is 0.227 e. The molecular formula is C16H19NO2S. The van der Waals surface area contributed by atoms with Gasteiger partial charge in [-0.05, 0) is 41.6 Å². The van der Waals surface area contributed by atoms with E-state index >= 15 is 0 Å². The zero-order chi connectivity index (χ0) is 14.5. The van der Waals surface area contributed by atoms with Crippen molar-refractivity contribution < 1.29 is 9.53 Å². The Morgan fingerprint density at radius 2 is 2.15 bits per heavy atom. The largest absolute Gasteiger partial charge is 0.497 e. The van der Waals surface area contributed by atoms with Crippen molar-refractivity contribution in [3.63, 3.8) is 0 Å². The summed E-state index contributed by atoms with van der Waals surface area (Å²) in [6.07, 6.45) is 0.401. The highest BCUT2D eigenvalue weighted by Crippen LogP contribution is 2.18. The fraction of sp³-hybridized carbons (Fsp3) is 0.312. The van der Waals surface area contributed by atoms with Gasteiger partial charge in [-0.25, -0.2) is 0 Å². The van der Waals surface area contributed by atoms with Crippen LogP contribution in [-0.4, -0.2) is 25.0 Å². The Morgan fingerprint density at radius 1 is 1.35 bits per heavy atom. The molecule has 4 heteroatoms. The topological polar surface area (TPSA) is 29.5 Å². The molecule has 1 aromatic heterocycles. The zero-order valence-electron chi connectivity index (χ0n) is 12.1. The minimum atomic E-state index is 0.117. The third-order valence-corrected chi connectivity index (χ3v) is 4.27. The van der Waals surface area contributed by atoms with Gasteiger partial charge < -0.3 is 9.64 Å². The number of rotatable bonds is 5. The first-order valence-electron chi connectivity index (χ1n) is 6.50. The van der Waals surface area contributed by atoms with Crippen molar-refractivity contribution in [3.8, 4) is 5.75 Å². The van der Waals surface area contributed by atoms with Crippen LogP contribution in [0.1, 0.15) is 16.0 Å². The number of hydrogen-bond acceptors (Lipinski definition) is 3. The molecule has 2 rings (SSSR count). The first kappa shape index (κ1) is 14.6. The van der Waals surface area contributed by atoms with Crippen molar-refractivity contribution in [2.45, 2.75) is 19.9 Å². The summed E-state index contributed by atoms with van der Waals surface area (Å²) in [5, 5.41) is 2.06. The van der Waals surface area contributed by atoms with Crippen LogP contribution in [0.3, 0.4) is 0 Å². The van der Waals surface area contributed by atoms with Gasteiger partial charge in [-0.1, -0.05) is 12.1 Å². The highest BCUT2D eigenvalue weighted by Gasteiger charge is 2.12. The van der Waals surface area contributed by atoms with Crippen LogP contribution < -0.4 is 4.74 Å². The summed E-state index contributed by atoms with van der Waals surface area (Å²) in [5.41, 5.74) is 2.22. The van der Waals surface area contributed by atoms with Gasteiger partial charge in [0.25, 0.3) is 0 Å². The quantitative estimate of drug-likeness (QED) is 0.845. The molecule has 1 aromatic carbocycles. The highest BCUT2D eigenvalue weighted by molar-refractivity contribution is 7.10. The first-order chi connectivity index (χ1) is 9.60. The third-order valence-electron chi connectivity index (χ3n) is 3.26. The number of methoxy groups -OCH3 is 1. The van der Waals surface area contributed by atoms with Crippen molar-refractivity contribution in [1.29, 1.82) is 0 Å². The van der Waals surface area contributed by atoms with Gasteiger partial charge in [-0.2, -0.15) is 0 Å². The Morgan fingerprint density at radius 3 is 2.80 bits per heavy atom. The van der Waals surface area contributed by atoms with E-state index in [9.17, 15) is 4.79 Å². The molecule has 0 aliphatic rings. The van der Waals surface area contributed by atoms with Gasteiger partial charge in [0.2, 0.25) is 5.91 Å². The Hall–Kier alpha value is -1.81. The van der Waals surface area contributed by atoms with Crippen LogP contribution in [0.4, 0.5) is 0 Å². The average molecular weight is 289 g/mol. The molecule has 0 spiro atoms. The van der Waals surface area contributed by atoms with Crippen molar-refractivity contribution in [2.75, 3.05) is 14.2 Å². The van der Waals surface area contributed by atoms with E-state index in [-0.39, 0.29) is 5.91 Å². The summed E-state index contributed by atoms with van der Waals surface area (Å²) in [5.74, 6) is 0.901. The molecule has 3 nitrogen and oxygen atoms in total. The van der Waals surface area contributed by atoms with Crippen LogP contribution >= 0.6 is 11.3 Å². The Bertz CT molecular complexity index is 592. The number of aryl methyl sites for hydroxylation is 1. The highest BCUT2D eigenvalue weighted by atomic mass is 32.1. The fourth-order valence-electron chi connectivity index (χ4n) is 1.96. The molecule has 0 N–H and O–H groups in total. The second-order valence-electron chi connectivity index (χ2n) is 4.80. The van der Waals surface area contributed by atoms with Crippen molar-refractivity contribution >= 4 is 17.2 Å². The predicted molar refractivity (Wildman–Crippen MR) is 82.2 cm³/mol. The molecule has 2 aromatic rings. The molecule has 1 amide bonds. The standard InChI is InChI=1S/C16H19NO2S/c1-12-7-8-20-15(12)11-17(2)16(18)10-13-5-4-6-14(9-13)19-3/h4-9H,10-11H2,1-3H3. The van der Waals surface area contributed by atoms with E-state index in [1.807, 2.05) is 31.3 Å². The Balaban J connectivity index is 1.98. The Labute approximate surface area is 123 Å². The molecule has 20 heavy (non-hydrogen) atoms. The van der Waals surface area contributed by atoms with Gasteiger partial charge in [-0.15, -0.1) is 11.3 Å². The van der Waals surface area contributed by atoms with Gasteiger partial charge >= 0.3 is 0 Å². The molecule has 106 valence electrons. The number of nitrogens with zero attached hydrogens (tertiary/aromatic N) is 1. The van der Waals surface area contributed by atoms with Crippen molar-refractivity contribution in [1.82, 2.24) is 4.90 Å². The summed E-state index contributed by atoms with van der Waals surface area (Å²) < 4.78 is 5.17. The minimum absolute atomic E-state index is 0.117. The SMILES string of the molecule is COc1cccc(CC(=O)N(C)Cc2sccc2C)c1. The summed E-state index contributed by atoms with van der Waals surface area (Å²) in [6, 6.07) is 9.73. The lowest BCUT2D eigenvalue weighted by Gasteiger charge is -2.17. The van der Waals surface area contributed by atoms with E-state index in [2.05, 4.69) is 18.4 Å². The molecule has 0 saturated heterocycles. The second-order valence-corrected chi connectivity index (χ2v) is 5.81. The van der Waals surface area contributed by atoms with Crippen molar-refractivity contribution in [3.05, 3.63) is 51.7 Å². The maximum atomic E-state index is 12.2. The number of hydrogen-bond donors (Lipinski definition) is 0. The molecule has 0 atom stereocenters. The monoisotopic (exact) mass is 289 g/mol. The number of thiophene rings is 1. The van der Waals surface area contributed by atoms with Gasteiger partial charge in [0.1, 0.15) is 5.75 Å². The molecule has 0 bridgehead atoms. The number of likely N-dealkylation sites (N-methyl/N-ethyl adjacent to an activating group) is 1. The molecule has 0 unspecified atom stereocenters. The molecule has 0 aliphatic heterocycles. The van der Waals surface area contributed by atoms with Crippen molar-refractivity contribution in [2.24, 2.45) is 0 Å². The van der Waals surface area contributed by atoms with Gasteiger partial charge in [0, 0.05) is 11.9 Å². The van der Waals surface area contributed by atoms with E-state index in [4.69, 9.17) is 4.74 Å². The van der Waals surface area contributed by atoms with E-state index in [0.717, 1.165) is 11.3 Å². The van der Waals surface area contributed by atoms with Crippen LogP contribution in [-0.2, 0) is 17.8 Å². The number of carbonyl (C=O) groups excluding carboxylic acids is 1. The first-order valence-corrected chi connectivity index (χ1v) is 7.38. The van der Waals surface area contributed by atoms with Crippen LogP contribution in [0.5, 0.6) is 5.75 Å². The summed E-state index contributed by atoms with van der Waals surface area (Å²) in [7, 11) is 3.48. The van der Waals surface area contributed by atoms with E-state index < -0.39 is 0 Å². The third kappa shape index (κ3) is 3.61. The number of carbonyl (C=O) groups is 1. The van der Waals surface area contributed by atoms with E-state index in [1.165, 1.54) is 10.4 Å². The lowest BCUT2D eigenvalue weighted by atomic mass is 10.1. The molecule has 0 aliphatic carbocycles. The van der Waals surface area contributed by atoms with Crippen LogP contribution in [0.2, 0.25) is 0 Å². The predicted octanol–water partition coefficient (Wildman–Crippen LogP) is 3.27. The molecule has 0 radical (unpaired) electrons. The zero-order valence-corrected chi connectivity index (χ0v) is 12.9. The average Bonchev–Trinajstić information content (AvgIpc) is 2.84. The number of amides is 1. The van der Waals surface area contributed by atoms with E-state index in [1.54, 1.807) is 23.3 Å². The fourth-order valence-corrected chi connectivity index (χ4v) is 2.92. The Kier molecular flexibility index (Phi) is 4.79. The van der Waals surface area contributed by atoms with Crippen LogP contribution in [0.15, 0.2) is 35.7 Å².